The molecule has 0 spiro atoms. The first kappa shape index (κ1) is 19.5. The first-order valence-corrected chi connectivity index (χ1v) is 8.67. The summed E-state index contributed by atoms with van der Waals surface area (Å²) in [7, 11) is 0. The van der Waals surface area contributed by atoms with Gasteiger partial charge in [0.2, 0.25) is 5.91 Å². The minimum atomic E-state index is -0.524. The van der Waals surface area contributed by atoms with Crippen LogP contribution in [0.4, 0.5) is 4.79 Å². The predicted molar refractivity (Wildman–Crippen MR) is 92.2 cm³/mol. The van der Waals surface area contributed by atoms with Crippen LogP contribution in [-0.2, 0) is 9.53 Å². The number of ether oxygens (including phenoxy) is 1. The molecule has 1 fully saturated rings. The number of hydrogen-bond donors (Lipinski definition) is 1. The summed E-state index contributed by atoms with van der Waals surface area (Å²) >= 11 is 0. The Morgan fingerprint density at radius 2 is 1.91 bits per heavy atom. The van der Waals surface area contributed by atoms with Crippen molar-refractivity contribution in [2.24, 2.45) is 5.92 Å². The molecule has 2 amide bonds. The Balaban J connectivity index is 2.35. The van der Waals surface area contributed by atoms with Crippen molar-refractivity contribution in [1.82, 2.24) is 10.2 Å². The highest BCUT2D eigenvalue weighted by molar-refractivity contribution is 5.77. The standard InChI is InChI=1S/C18H32N2O3/c1-5-13-20(14-15-9-7-6-8-10-15)16(21)11-12-19-17(22)23-18(2,3)4/h5,15H,1,6-14H2,2-4H3,(H,19,22). The Kier molecular flexibility index (Phi) is 8.13. The molecular weight excluding hydrogens is 292 g/mol. The molecule has 0 unspecified atom stereocenters. The van der Waals surface area contributed by atoms with Gasteiger partial charge < -0.3 is 15.0 Å². The van der Waals surface area contributed by atoms with Crippen LogP contribution in [0.15, 0.2) is 12.7 Å². The fraction of sp³-hybridized carbons (Fsp3) is 0.778. The van der Waals surface area contributed by atoms with Crippen LogP contribution < -0.4 is 5.32 Å². The van der Waals surface area contributed by atoms with E-state index in [9.17, 15) is 9.59 Å². The van der Waals surface area contributed by atoms with Crippen LogP contribution in [0, 0.1) is 5.92 Å². The molecule has 1 aliphatic rings. The molecule has 23 heavy (non-hydrogen) atoms. The first-order valence-electron chi connectivity index (χ1n) is 8.67. The summed E-state index contributed by atoms with van der Waals surface area (Å²) in [6, 6.07) is 0. The maximum atomic E-state index is 12.4. The molecule has 0 heterocycles. The summed E-state index contributed by atoms with van der Waals surface area (Å²) in [6.45, 7) is 10.9. The molecule has 1 N–H and O–H groups in total. The van der Waals surface area contributed by atoms with Gasteiger partial charge in [0.05, 0.1) is 0 Å². The van der Waals surface area contributed by atoms with E-state index in [4.69, 9.17) is 4.74 Å². The molecule has 5 heteroatoms. The molecule has 0 saturated heterocycles. The van der Waals surface area contributed by atoms with Crippen LogP contribution in [0.25, 0.3) is 0 Å². The van der Waals surface area contributed by atoms with Crippen LogP contribution in [0.3, 0.4) is 0 Å². The summed E-state index contributed by atoms with van der Waals surface area (Å²) in [5.74, 6) is 0.665. The maximum absolute atomic E-state index is 12.4. The molecule has 5 nitrogen and oxygen atoms in total. The van der Waals surface area contributed by atoms with Gasteiger partial charge in [-0.2, -0.15) is 0 Å². The van der Waals surface area contributed by atoms with E-state index in [-0.39, 0.29) is 5.91 Å². The van der Waals surface area contributed by atoms with Crippen molar-refractivity contribution < 1.29 is 14.3 Å². The molecule has 0 bridgehead atoms. The number of amides is 2. The van der Waals surface area contributed by atoms with Gasteiger partial charge >= 0.3 is 6.09 Å². The second kappa shape index (κ2) is 9.58. The van der Waals surface area contributed by atoms with Gasteiger partial charge in [0, 0.05) is 26.1 Å². The Bertz CT molecular complexity index is 396. The summed E-state index contributed by atoms with van der Waals surface area (Å²) in [5.41, 5.74) is -0.524. The van der Waals surface area contributed by atoms with Gasteiger partial charge in [-0.15, -0.1) is 6.58 Å². The summed E-state index contributed by atoms with van der Waals surface area (Å²) in [5, 5.41) is 2.64. The molecular formula is C18H32N2O3. The van der Waals surface area contributed by atoms with Crippen molar-refractivity contribution in [3.05, 3.63) is 12.7 Å². The minimum absolute atomic E-state index is 0.0616. The van der Waals surface area contributed by atoms with Crippen LogP contribution in [0.2, 0.25) is 0 Å². The zero-order chi connectivity index (χ0) is 17.3. The fourth-order valence-electron chi connectivity index (χ4n) is 2.86. The number of rotatable bonds is 7. The van der Waals surface area contributed by atoms with Gasteiger partial charge in [0.1, 0.15) is 5.60 Å². The Morgan fingerprint density at radius 3 is 2.48 bits per heavy atom. The monoisotopic (exact) mass is 324 g/mol. The molecule has 0 aromatic heterocycles. The average Bonchev–Trinajstić information content (AvgIpc) is 2.46. The SMILES string of the molecule is C=CCN(CC1CCCCC1)C(=O)CCNC(=O)OC(C)(C)C. The molecule has 1 rings (SSSR count). The Labute approximate surface area is 140 Å². The smallest absolute Gasteiger partial charge is 0.407 e. The molecule has 0 aromatic rings. The highest BCUT2D eigenvalue weighted by Crippen LogP contribution is 2.24. The van der Waals surface area contributed by atoms with Crippen molar-refractivity contribution in [2.45, 2.75) is 64.9 Å². The van der Waals surface area contributed by atoms with Gasteiger partial charge in [0.25, 0.3) is 0 Å². The van der Waals surface area contributed by atoms with Crippen molar-refractivity contribution in [3.63, 3.8) is 0 Å². The second-order valence-corrected chi connectivity index (χ2v) is 7.27. The van der Waals surface area contributed by atoms with Crippen LogP contribution in [0.5, 0.6) is 0 Å². The number of carbonyl (C=O) groups excluding carboxylic acids is 2. The molecule has 1 saturated carbocycles. The molecule has 0 aliphatic heterocycles. The first-order chi connectivity index (χ1) is 10.8. The van der Waals surface area contributed by atoms with Crippen LogP contribution >= 0.6 is 0 Å². The van der Waals surface area contributed by atoms with E-state index < -0.39 is 11.7 Å². The lowest BCUT2D eigenvalue weighted by Gasteiger charge is -2.29. The Morgan fingerprint density at radius 1 is 1.26 bits per heavy atom. The lowest BCUT2D eigenvalue weighted by Crippen LogP contribution is -2.39. The van der Waals surface area contributed by atoms with Gasteiger partial charge in [-0.05, 0) is 39.5 Å². The summed E-state index contributed by atoms with van der Waals surface area (Å²) < 4.78 is 5.16. The number of carbonyl (C=O) groups is 2. The third-order valence-electron chi connectivity index (χ3n) is 3.91. The highest BCUT2D eigenvalue weighted by Gasteiger charge is 2.20. The molecule has 1 aliphatic carbocycles. The third-order valence-corrected chi connectivity index (χ3v) is 3.91. The molecule has 0 aromatic carbocycles. The molecule has 132 valence electrons. The van der Waals surface area contributed by atoms with Crippen molar-refractivity contribution >= 4 is 12.0 Å². The van der Waals surface area contributed by atoms with E-state index in [1.165, 1.54) is 32.1 Å². The Hall–Kier alpha value is -1.52. The van der Waals surface area contributed by atoms with Gasteiger partial charge in [-0.25, -0.2) is 4.79 Å². The topological polar surface area (TPSA) is 58.6 Å². The van der Waals surface area contributed by atoms with Gasteiger partial charge in [0.15, 0.2) is 0 Å². The van der Waals surface area contributed by atoms with Crippen molar-refractivity contribution in [1.29, 1.82) is 0 Å². The lowest BCUT2D eigenvalue weighted by molar-refractivity contribution is -0.131. The quantitative estimate of drug-likeness (QED) is 0.729. The van der Waals surface area contributed by atoms with Crippen molar-refractivity contribution in [3.8, 4) is 0 Å². The largest absolute Gasteiger partial charge is 0.444 e. The van der Waals surface area contributed by atoms with Gasteiger partial charge in [-0.1, -0.05) is 25.3 Å². The number of nitrogens with one attached hydrogen (secondary N) is 1. The number of alkyl carbamates (subject to hydrolysis) is 1. The van der Waals surface area contributed by atoms with E-state index in [2.05, 4.69) is 11.9 Å². The second-order valence-electron chi connectivity index (χ2n) is 7.27. The normalized spacial score (nSPS) is 15.8. The summed E-state index contributed by atoms with van der Waals surface area (Å²) in [6.07, 6.45) is 7.83. The average molecular weight is 324 g/mol. The van der Waals surface area contributed by atoms with Crippen LogP contribution in [-0.4, -0.2) is 42.1 Å². The maximum Gasteiger partial charge on any atom is 0.407 e. The van der Waals surface area contributed by atoms with E-state index in [0.29, 0.717) is 25.4 Å². The predicted octanol–water partition coefficient (Wildman–Crippen LogP) is 3.50. The minimum Gasteiger partial charge on any atom is -0.444 e. The lowest BCUT2D eigenvalue weighted by atomic mass is 9.89. The van der Waals surface area contributed by atoms with E-state index in [1.54, 1.807) is 6.08 Å². The number of nitrogens with zero attached hydrogens (tertiary/aromatic N) is 1. The fourth-order valence-corrected chi connectivity index (χ4v) is 2.86. The highest BCUT2D eigenvalue weighted by atomic mass is 16.6. The van der Waals surface area contributed by atoms with Gasteiger partial charge in [-0.3, -0.25) is 4.79 Å². The van der Waals surface area contributed by atoms with E-state index >= 15 is 0 Å². The van der Waals surface area contributed by atoms with E-state index in [1.807, 2.05) is 25.7 Å². The zero-order valence-corrected chi connectivity index (χ0v) is 14.9. The number of hydrogen-bond acceptors (Lipinski definition) is 3. The summed E-state index contributed by atoms with van der Waals surface area (Å²) in [4.78, 5) is 25.8. The third kappa shape index (κ3) is 8.62. The molecule has 0 radical (unpaired) electrons. The van der Waals surface area contributed by atoms with E-state index in [0.717, 1.165) is 6.54 Å². The zero-order valence-electron chi connectivity index (χ0n) is 14.9. The van der Waals surface area contributed by atoms with Crippen molar-refractivity contribution in [2.75, 3.05) is 19.6 Å². The van der Waals surface area contributed by atoms with Crippen LogP contribution in [0.1, 0.15) is 59.3 Å². The molecule has 0 atom stereocenters.